The van der Waals surface area contributed by atoms with Crippen LogP contribution in [0.4, 0.5) is 0 Å². The van der Waals surface area contributed by atoms with Crippen molar-refractivity contribution in [3.05, 3.63) is 111 Å². The summed E-state index contributed by atoms with van der Waals surface area (Å²) in [7, 11) is -1.38. The van der Waals surface area contributed by atoms with E-state index in [-0.39, 0.29) is 22.7 Å². The minimum atomic E-state index is -4.22. The molecule has 0 radical (unpaired) electrons. The Kier molecular flexibility index (Phi) is 7.42. The Morgan fingerprint density at radius 1 is 0.892 bits per heavy atom. The quantitative estimate of drug-likeness (QED) is 0.368. The number of hydrogen-bond acceptors (Lipinski definition) is 5. The van der Waals surface area contributed by atoms with E-state index in [0.717, 1.165) is 15.7 Å². The van der Waals surface area contributed by atoms with Crippen molar-refractivity contribution in [3.63, 3.8) is 0 Å². The second-order valence-corrected chi connectivity index (χ2v) is 10.6. The van der Waals surface area contributed by atoms with Crippen molar-refractivity contribution in [1.82, 2.24) is 19.2 Å². The lowest BCUT2D eigenvalue weighted by molar-refractivity contribution is -0.123. The number of nitrogens with one attached hydrogen (secondary N) is 2. The summed E-state index contributed by atoms with van der Waals surface area (Å²) in [6.07, 6.45) is 0.122. The number of amides is 1. The molecule has 1 heterocycles. The fraction of sp³-hybridized carbons (Fsp3) is 0.222. The summed E-state index contributed by atoms with van der Waals surface area (Å²) in [5.41, 5.74) is 0.847. The average molecular weight is 521 g/mol. The van der Waals surface area contributed by atoms with E-state index in [1.54, 1.807) is 0 Å². The Hall–Kier alpha value is -4.02. The number of hydrogen-bond donors (Lipinski definition) is 2. The van der Waals surface area contributed by atoms with Gasteiger partial charge < -0.3 is 5.32 Å². The molecule has 1 amide bonds. The van der Waals surface area contributed by atoms with Crippen molar-refractivity contribution in [2.75, 3.05) is 0 Å². The zero-order valence-corrected chi connectivity index (χ0v) is 21.5. The standard InChI is InChI=1S/C27H28N4O5S/c1-18(20-12-8-5-9-13-20)28-25(32)23(16-19-10-6-4-7-11-19)29-37(35,36)21-14-15-24-22(17-21)26(33)31(3)27(34)30(24)2/h4-15,17-18,23,29H,16H2,1-3H3,(H,28,32)/t18-,23-/m0/s1. The largest absolute Gasteiger partial charge is 0.348 e. The number of nitrogens with zero attached hydrogens (tertiary/aromatic N) is 2. The Morgan fingerprint density at radius 2 is 1.51 bits per heavy atom. The Morgan fingerprint density at radius 3 is 2.16 bits per heavy atom. The number of benzene rings is 3. The summed E-state index contributed by atoms with van der Waals surface area (Å²) in [6, 6.07) is 20.9. The van der Waals surface area contributed by atoms with E-state index in [4.69, 9.17) is 0 Å². The lowest BCUT2D eigenvalue weighted by Gasteiger charge is -2.22. The van der Waals surface area contributed by atoms with Gasteiger partial charge in [-0.05, 0) is 42.7 Å². The molecule has 1 aromatic heterocycles. The van der Waals surface area contributed by atoms with Crippen LogP contribution in [0.25, 0.3) is 10.9 Å². The number of carbonyl (C=O) groups excluding carboxylic acids is 1. The number of aromatic nitrogens is 2. The molecule has 0 aliphatic rings. The SMILES string of the molecule is C[C@H](NC(=O)[C@H](Cc1ccccc1)NS(=O)(=O)c1ccc2c(c1)c(=O)n(C)c(=O)n2C)c1ccccc1. The highest BCUT2D eigenvalue weighted by Crippen LogP contribution is 2.17. The topological polar surface area (TPSA) is 119 Å². The third kappa shape index (κ3) is 5.55. The van der Waals surface area contributed by atoms with Gasteiger partial charge >= 0.3 is 5.69 Å². The molecule has 10 heteroatoms. The molecular weight excluding hydrogens is 492 g/mol. The lowest BCUT2D eigenvalue weighted by Crippen LogP contribution is -2.48. The Labute approximate surface area is 214 Å². The number of rotatable bonds is 8. The minimum absolute atomic E-state index is 0.0780. The molecule has 0 fully saturated rings. The van der Waals surface area contributed by atoms with Gasteiger partial charge in [-0.1, -0.05) is 60.7 Å². The molecule has 0 aliphatic carbocycles. The highest BCUT2D eigenvalue weighted by atomic mass is 32.2. The van der Waals surface area contributed by atoms with Gasteiger partial charge in [-0.3, -0.25) is 18.7 Å². The average Bonchev–Trinajstić information content (AvgIpc) is 2.90. The Balaban J connectivity index is 1.68. The molecule has 0 unspecified atom stereocenters. The fourth-order valence-electron chi connectivity index (χ4n) is 4.17. The summed E-state index contributed by atoms with van der Waals surface area (Å²) in [5, 5.41) is 2.97. The van der Waals surface area contributed by atoms with Gasteiger partial charge in [0.15, 0.2) is 0 Å². The molecule has 9 nitrogen and oxygen atoms in total. The van der Waals surface area contributed by atoms with Crippen LogP contribution < -0.4 is 21.3 Å². The van der Waals surface area contributed by atoms with Crippen LogP contribution in [-0.4, -0.2) is 29.5 Å². The number of aryl methyl sites for hydroxylation is 1. The first-order valence-corrected chi connectivity index (χ1v) is 13.2. The molecule has 2 N–H and O–H groups in total. The second-order valence-electron chi connectivity index (χ2n) is 8.89. The molecule has 192 valence electrons. The maximum atomic E-state index is 13.4. The van der Waals surface area contributed by atoms with Crippen LogP contribution in [0.2, 0.25) is 0 Å². The van der Waals surface area contributed by atoms with E-state index in [2.05, 4.69) is 10.0 Å². The predicted molar refractivity (Wildman–Crippen MR) is 142 cm³/mol. The van der Waals surface area contributed by atoms with Crippen molar-refractivity contribution < 1.29 is 13.2 Å². The number of fused-ring (bicyclic) bond motifs is 1. The van der Waals surface area contributed by atoms with Crippen molar-refractivity contribution in [3.8, 4) is 0 Å². The molecular formula is C27H28N4O5S. The highest BCUT2D eigenvalue weighted by Gasteiger charge is 2.28. The van der Waals surface area contributed by atoms with E-state index in [1.165, 1.54) is 36.9 Å². The van der Waals surface area contributed by atoms with Crippen LogP contribution in [0, 0.1) is 0 Å². The molecule has 0 bridgehead atoms. The molecule has 0 saturated heterocycles. The normalized spacial score (nSPS) is 13.3. The number of carbonyl (C=O) groups is 1. The van der Waals surface area contributed by atoms with E-state index in [9.17, 15) is 22.8 Å². The first kappa shape index (κ1) is 26.1. The first-order valence-electron chi connectivity index (χ1n) is 11.7. The summed E-state index contributed by atoms with van der Waals surface area (Å²) in [5.74, 6) is -0.483. The zero-order chi connectivity index (χ0) is 26.7. The molecule has 4 aromatic rings. The van der Waals surface area contributed by atoms with E-state index < -0.39 is 33.2 Å². The Bertz CT molecular complexity index is 1660. The zero-order valence-electron chi connectivity index (χ0n) is 20.7. The van der Waals surface area contributed by atoms with Gasteiger partial charge in [-0.2, -0.15) is 4.72 Å². The maximum absolute atomic E-state index is 13.4. The molecule has 0 aliphatic heterocycles. The van der Waals surface area contributed by atoms with Gasteiger partial charge in [0, 0.05) is 14.1 Å². The molecule has 0 spiro atoms. The summed E-state index contributed by atoms with van der Waals surface area (Å²) < 4.78 is 31.5. The number of sulfonamides is 1. The van der Waals surface area contributed by atoms with Crippen LogP contribution in [-0.2, 0) is 35.3 Å². The molecule has 4 rings (SSSR count). The molecule has 0 saturated carbocycles. The van der Waals surface area contributed by atoms with Crippen molar-refractivity contribution in [2.24, 2.45) is 14.1 Å². The van der Waals surface area contributed by atoms with Crippen LogP contribution in [0.5, 0.6) is 0 Å². The van der Waals surface area contributed by atoms with Gasteiger partial charge in [0.25, 0.3) is 5.56 Å². The fourth-order valence-corrected chi connectivity index (χ4v) is 5.39. The third-order valence-electron chi connectivity index (χ3n) is 6.30. The predicted octanol–water partition coefficient (Wildman–Crippen LogP) is 2.00. The van der Waals surface area contributed by atoms with Gasteiger partial charge in [-0.15, -0.1) is 0 Å². The van der Waals surface area contributed by atoms with Gasteiger partial charge in [0.05, 0.1) is 21.8 Å². The first-order chi connectivity index (χ1) is 17.6. The minimum Gasteiger partial charge on any atom is -0.348 e. The van der Waals surface area contributed by atoms with Crippen LogP contribution >= 0.6 is 0 Å². The van der Waals surface area contributed by atoms with Crippen LogP contribution in [0.15, 0.2) is 93.3 Å². The monoisotopic (exact) mass is 520 g/mol. The van der Waals surface area contributed by atoms with Crippen molar-refractivity contribution >= 4 is 26.8 Å². The summed E-state index contributed by atoms with van der Waals surface area (Å²) >= 11 is 0. The summed E-state index contributed by atoms with van der Waals surface area (Å²) in [6.45, 7) is 1.82. The second kappa shape index (κ2) is 10.5. The van der Waals surface area contributed by atoms with E-state index in [1.807, 2.05) is 67.6 Å². The van der Waals surface area contributed by atoms with Gasteiger partial charge in [0.2, 0.25) is 15.9 Å². The van der Waals surface area contributed by atoms with Crippen molar-refractivity contribution in [1.29, 1.82) is 0 Å². The lowest BCUT2D eigenvalue weighted by atomic mass is 10.0. The van der Waals surface area contributed by atoms with E-state index >= 15 is 0 Å². The molecule has 37 heavy (non-hydrogen) atoms. The summed E-state index contributed by atoms with van der Waals surface area (Å²) in [4.78, 5) is 38.0. The van der Waals surface area contributed by atoms with Gasteiger partial charge in [-0.25, -0.2) is 13.2 Å². The molecule has 3 aromatic carbocycles. The smallest absolute Gasteiger partial charge is 0.330 e. The van der Waals surface area contributed by atoms with Crippen LogP contribution in [0.3, 0.4) is 0 Å². The van der Waals surface area contributed by atoms with E-state index in [0.29, 0.717) is 5.52 Å². The van der Waals surface area contributed by atoms with Gasteiger partial charge in [0.1, 0.15) is 6.04 Å². The third-order valence-corrected chi connectivity index (χ3v) is 7.77. The maximum Gasteiger partial charge on any atom is 0.330 e. The van der Waals surface area contributed by atoms with Crippen LogP contribution in [0.1, 0.15) is 24.1 Å². The highest BCUT2D eigenvalue weighted by molar-refractivity contribution is 7.89. The molecule has 2 atom stereocenters. The van der Waals surface area contributed by atoms with Crippen molar-refractivity contribution in [2.45, 2.75) is 30.3 Å².